The lowest BCUT2D eigenvalue weighted by Crippen LogP contribution is -2.10. The van der Waals surface area contributed by atoms with Gasteiger partial charge in [0.25, 0.3) is 0 Å². The zero-order valence-electron chi connectivity index (χ0n) is 6.75. The Kier molecular flexibility index (Phi) is 2.07. The molecular formula is C9H9BrNO. The Labute approximate surface area is 80.1 Å². The van der Waals surface area contributed by atoms with Gasteiger partial charge in [0.05, 0.1) is 6.04 Å². The largest absolute Gasteiger partial charge is 0.491 e. The molecule has 1 aromatic carbocycles. The molecule has 0 saturated heterocycles. The van der Waals surface area contributed by atoms with Crippen LogP contribution in [-0.4, -0.2) is 13.7 Å². The van der Waals surface area contributed by atoms with Gasteiger partial charge < -0.3 is 4.74 Å². The van der Waals surface area contributed by atoms with Crippen molar-refractivity contribution in [2.24, 2.45) is 0 Å². The van der Waals surface area contributed by atoms with Crippen molar-refractivity contribution in [2.75, 3.05) is 13.7 Å². The smallest absolute Gasteiger partial charge is 0.125 e. The summed E-state index contributed by atoms with van der Waals surface area (Å²) in [6.45, 7) is 0.683. The van der Waals surface area contributed by atoms with Gasteiger partial charge in [-0.05, 0) is 12.1 Å². The van der Waals surface area contributed by atoms with Gasteiger partial charge >= 0.3 is 0 Å². The van der Waals surface area contributed by atoms with Gasteiger partial charge in [-0.1, -0.05) is 22.0 Å². The molecule has 12 heavy (non-hydrogen) atoms. The van der Waals surface area contributed by atoms with Gasteiger partial charge in [-0.2, -0.15) is 0 Å². The van der Waals surface area contributed by atoms with E-state index < -0.39 is 0 Å². The molecule has 0 spiro atoms. The fraction of sp³-hybridized carbons (Fsp3) is 0.333. The van der Waals surface area contributed by atoms with Gasteiger partial charge in [0.1, 0.15) is 12.4 Å². The molecule has 0 amide bonds. The van der Waals surface area contributed by atoms with E-state index in [9.17, 15) is 0 Å². The van der Waals surface area contributed by atoms with Gasteiger partial charge in [-0.15, -0.1) is 0 Å². The third-order valence-corrected chi connectivity index (χ3v) is 2.54. The van der Waals surface area contributed by atoms with Crippen LogP contribution < -0.4 is 10.1 Å². The van der Waals surface area contributed by atoms with E-state index >= 15 is 0 Å². The van der Waals surface area contributed by atoms with E-state index in [1.54, 1.807) is 0 Å². The second kappa shape index (κ2) is 3.07. The maximum absolute atomic E-state index is 5.46. The molecule has 0 aromatic heterocycles. The van der Waals surface area contributed by atoms with Crippen molar-refractivity contribution in [3.05, 3.63) is 28.2 Å². The van der Waals surface area contributed by atoms with Crippen LogP contribution in [0.15, 0.2) is 22.7 Å². The van der Waals surface area contributed by atoms with Crippen molar-refractivity contribution in [2.45, 2.75) is 6.04 Å². The van der Waals surface area contributed by atoms with Crippen molar-refractivity contribution >= 4 is 15.9 Å². The number of likely N-dealkylation sites (N-methyl/N-ethyl adjacent to an activating group) is 1. The van der Waals surface area contributed by atoms with Gasteiger partial charge in [0.15, 0.2) is 0 Å². The molecule has 0 fully saturated rings. The molecule has 1 aromatic rings. The molecule has 2 nitrogen and oxygen atoms in total. The Morgan fingerprint density at radius 1 is 1.58 bits per heavy atom. The number of fused-ring (bicyclic) bond motifs is 1. The Morgan fingerprint density at radius 2 is 2.42 bits per heavy atom. The normalized spacial score (nSPS) is 20.3. The molecule has 3 heteroatoms. The van der Waals surface area contributed by atoms with Crippen LogP contribution >= 0.6 is 15.9 Å². The second-order valence-corrected chi connectivity index (χ2v) is 3.68. The van der Waals surface area contributed by atoms with Gasteiger partial charge in [0.2, 0.25) is 0 Å². The number of benzene rings is 1. The van der Waals surface area contributed by atoms with Crippen molar-refractivity contribution in [1.29, 1.82) is 0 Å². The second-order valence-electron chi connectivity index (χ2n) is 2.77. The minimum absolute atomic E-state index is 0.230. The molecular weight excluding hydrogens is 218 g/mol. The van der Waals surface area contributed by atoms with Crippen LogP contribution in [0.1, 0.15) is 11.6 Å². The first kappa shape index (κ1) is 8.08. The van der Waals surface area contributed by atoms with Crippen LogP contribution in [-0.2, 0) is 0 Å². The zero-order valence-corrected chi connectivity index (χ0v) is 8.34. The summed E-state index contributed by atoms with van der Waals surface area (Å²) >= 11 is 3.40. The molecule has 2 rings (SSSR count). The maximum atomic E-state index is 5.46. The molecule has 63 valence electrons. The van der Waals surface area contributed by atoms with E-state index in [-0.39, 0.29) is 6.04 Å². The topological polar surface area (TPSA) is 23.3 Å². The first-order chi connectivity index (χ1) is 5.81. The fourth-order valence-corrected chi connectivity index (χ4v) is 1.72. The van der Waals surface area contributed by atoms with E-state index in [0.717, 1.165) is 10.2 Å². The Bertz CT molecular complexity index is 301. The van der Waals surface area contributed by atoms with E-state index in [4.69, 9.17) is 4.74 Å². The molecule has 0 N–H and O–H groups in total. The number of ether oxygens (including phenoxy) is 1. The zero-order chi connectivity index (χ0) is 8.55. The summed E-state index contributed by atoms with van der Waals surface area (Å²) in [7, 11) is 1.82. The van der Waals surface area contributed by atoms with Crippen LogP contribution in [0, 0.1) is 0 Å². The molecule has 0 bridgehead atoms. The Balaban J connectivity index is 2.40. The highest BCUT2D eigenvalue weighted by molar-refractivity contribution is 9.10. The lowest BCUT2D eigenvalue weighted by molar-refractivity contribution is 0.316. The van der Waals surface area contributed by atoms with Crippen LogP contribution in [0.4, 0.5) is 0 Å². The van der Waals surface area contributed by atoms with E-state index in [1.807, 2.05) is 19.2 Å². The Morgan fingerprint density at radius 3 is 3.17 bits per heavy atom. The minimum Gasteiger partial charge on any atom is -0.491 e. The average Bonchev–Trinajstić information content (AvgIpc) is 2.46. The SMILES string of the molecule is C[N][C@@H]1COc2cc(Br)ccc21. The van der Waals surface area contributed by atoms with Crippen molar-refractivity contribution < 1.29 is 4.74 Å². The third-order valence-electron chi connectivity index (χ3n) is 2.04. The van der Waals surface area contributed by atoms with Gasteiger partial charge in [-0.3, -0.25) is 0 Å². The van der Waals surface area contributed by atoms with Crippen molar-refractivity contribution in [1.82, 2.24) is 5.32 Å². The molecule has 0 aliphatic carbocycles. The lowest BCUT2D eigenvalue weighted by Gasteiger charge is -2.03. The molecule has 1 aliphatic rings. The quantitative estimate of drug-likeness (QED) is 0.720. The van der Waals surface area contributed by atoms with Crippen molar-refractivity contribution in [3.63, 3.8) is 0 Å². The molecule has 1 aliphatic heterocycles. The summed E-state index contributed by atoms with van der Waals surface area (Å²) in [5.41, 5.74) is 1.20. The highest BCUT2D eigenvalue weighted by Crippen LogP contribution is 2.34. The highest BCUT2D eigenvalue weighted by Gasteiger charge is 2.22. The van der Waals surface area contributed by atoms with Crippen LogP contribution in [0.25, 0.3) is 0 Å². The standard InChI is InChI=1S/C9H9BrNO/c1-11-8-5-12-9-4-6(10)2-3-7(8)9/h2-4,8H,5H2,1H3/t8-/m1/s1. The number of hydrogen-bond donors (Lipinski definition) is 0. The highest BCUT2D eigenvalue weighted by atomic mass is 79.9. The van der Waals surface area contributed by atoms with E-state index in [1.165, 1.54) is 5.56 Å². The van der Waals surface area contributed by atoms with E-state index in [0.29, 0.717) is 6.61 Å². The summed E-state index contributed by atoms with van der Waals surface area (Å²) in [6.07, 6.45) is 0. The number of halogens is 1. The summed E-state index contributed by atoms with van der Waals surface area (Å²) in [5, 5.41) is 4.22. The lowest BCUT2D eigenvalue weighted by atomic mass is 10.1. The summed E-state index contributed by atoms with van der Waals surface area (Å²) < 4.78 is 6.51. The molecule has 1 radical (unpaired) electrons. The fourth-order valence-electron chi connectivity index (χ4n) is 1.38. The number of rotatable bonds is 1. The van der Waals surface area contributed by atoms with E-state index in [2.05, 4.69) is 27.3 Å². The first-order valence-electron chi connectivity index (χ1n) is 3.82. The first-order valence-corrected chi connectivity index (χ1v) is 4.62. The monoisotopic (exact) mass is 226 g/mol. The van der Waals surface area contributed by atoms with Gasteiger partial charge in [0, 0.05) is 17.1 Å². The van der Waals surface area contributed by atoms with Crippen LogP contribution in [0.3, 0.4) is 0 Å². The summed E-state index contributed by atoms with van der Waals surface area (Å²) in [6, 6.07) is 6.30. The number of hydrogen-bond acceptors (Lipinski definition) is 1. The third kappa shape index (κ3) is 1.23. The molecule has 1 heterocycles. The van der Waals surface area contributed by atoms with Crippen LogP contribution in [0.2, 0.25) is 0 Å². The van der Waals surface area contributed by atoms with Gasteiger partial charge in [-0.25, -0.2) is 5.32 Å². The van der Waals surface area contributed by atoms with Crippen molar-refractivity contribution in [3.8, 4) is 5.75 Å². The van der Waals surface area contributed by atoms with Crippen LogP contribution in [0.5, 0.6) is 5.75 Å². The number of nitrogens with zero attached hydrogens (tertiary/aromatic N) is 1. The Hall–Kier alpha value is -0.540. The molecule has 1 atom stereocenters. The predicted molar refractivity (Wildman–Crippen MR) is 50.4 cm³/mol. The summed E-state index contributed by atoms with van der Waals surface area (Å²) in [5.74, 6) is 0.958. The summed E-state index contributed by atoms with van der Waals surface area (Å²) in [4.78, 5) is 0. The maximum Gasteiger partial charge on any atom is 0.125 e. The predicted octanol–water partition coefficient (Wildman–Crippen LogP) is 2.12. The molecule has 0 saturated carbocycles. The minimum atomic E-state index is 0.230. The molecule has 0 unspecified atom stereocenters. The average molecular weight is 227 g/mol.